The van der Waals surface area contributed by atoms with Crippen molar-refractivity contribution in [2.24, 2.45) is 0 Å². The van der Waals surface area contributed by atoms with Crippen LogP contribution in [0.1, 0.15) is 12.5 Å². The van der Waals surface area contributed by atoms with Gasteiger partial charge < -0.3 is 4.57 Å². The molecule has 0 fully saturated rings. The summed E-state index contributed by atoms with van der Waals surface area (Å²) in [5.41, 5.74) is 1.52. The molecular weight excluding hydrogens is 241 g/mol. The Hall–Kier alpha value is -1.36. The predicted molar refractivity (Wildman–Crippen MR) is 66.1 cm³/mol. The van der Waals surface area contributed by atoms with Crippen LogP contribution in [-0.2, 0) is 22.1 Å². The van der Waals surface area contributed by atoms with Crippen molar-refractivity contribution in [3.8, 4) is 0 Å². The fourth-order valence-corrected chi connectivity index (χ4v) is 2.80. The van der Waals surface area contributed by atoms with E-state index < -0.39 is 9.84 Å². The van der Waals surface area contributed by atoms with Gasteiger partial charge in [-0.05, 0) is 30.7 Å². The summed E-state index contributed by atoms with van der Waals surface area (Å²) in [5.74, 6) is -0.402. The van der Waals surface area contributed by atoms with Gasteiger partial charge in [0.25, 0.3) is 0 Å². The minimum Gasteiger partial charge on any atom is -0.347 e. The van der Waals surface area contributed by atoms with Gasteiger partial charge in [-0.15, -0.1) is 0 Å². The van der Waals surface area contributed by atoms with E-state index >= 15 is 0 Å². The third kappa shape index (κ3) is 2.49. The molecule has 0 amide bonds. The maximum Gasteiger partial charge on any atom is 0.151 e. The minimum atomic E-state index is -3.11. The monoisotopic (exact) mass is 255 g/mol. The number of aryl methyl sites for hydroxylation is 1. The second kappa shape index (κ2) is 4.14. The van der Waals surface area contributed by atoms with Crippen LogP contribution in [0.2, 0.25) is 0 Å². The summed E-state index contributed by atoms with van der Waals surface area (Å²) in [6, 6.07) is 4.46. The number of rotatable bonds is 3. The fourth-order valence-electron chi connectivity index (χ4n) is 2.00. The maximum atomic E-state index is 13.2. The molecule has 0 aliphatic carbocycles. The average molecular weight is 255 g/mol. The van der Waals surface area contributed by atoms with E-state index in [0.717, 1.165) is 12.1 Å². The first kappa shape index (κ1) is 12.1. The molecule has 0 unspecified atom stereocenters. The molecule has 17 heavy (non-hydrogen) atoms. The molecule has 92 valence electrons. The number of hydrogen-bond donors (Lipinski definition) is 0. The lowest BCUT2D eigenvalue weighted by molar-refractivity contribution is 0.601. The molecule has 0 bridgehead atoms. The minimum absolute atomic E-state index is 0.0556. The number of nitrogens with zero attached hydrogens (tertiary/aromatic N) is 1. The van der Waals surface area contributed by atoms with Gasteiger partial charge in [0.1, 0.15) is 5.82 Å². The van der Waals surface area contributed by atoms with Gasteiger partial charge in [0, 0.05) is 29.9 Å². The molecule has 1 aromatic carbocycles. The molecule has 0 radical (unpaired) electrons. The lowest BCUT2D eigenvalue weighted by atomic mass is 10.2. The van der Waals surface area contributed by atoms with E-state index in [4.69, 9.17) is 0 Å². The van der Waals surface area contributed by atoms with Gasteiger partial charge in [-0.3, -0.25) is 0 Å². The molecule has 0 N–H and O–H groups in total. The quantitative estimate of drug-likeness (QED) is 0.844. The van der Waals surface area contributed by atoms with Crippen molar-refractivity contribution in [2.45, 2.75) is 19.2 Å². The lowest BCUT2D eigenvalue weighted by Crippen LogP contribution is -2.00. The summed E-state index contributed by atoms with van der Waals surface area (Å²) < 4.78 is 37.8. The van der Waals surface area contributed by atoms with Crippen molar-refractivity contribution in [3.63, 3.8) is 0 Å². The van der Waals surface area contributed by atoms with E-state index in [9.17, 15) is 12.8 Å². The van der Waals surface area contributed by atoms with Crippen LogP contribution in [-0.4, -0.2) is 19.2 Å². The first-order valence-corrected chi connectivity index (χ1v) is 7.42. The Morgan fingerprint density at radius 3 is 2.65 bits per heavy atom. The number of benzene rings is 1. The number of sulfone groups is 1. The van der Waals surface area contributed by atoms with E-state index in [0.29, 0.717) is 10.9 Å². The third-order valence-electron chi connectivity index (χ3n) is 2.68. The molecular formula is C12H14FNO2S. The van der Waals surface area contributed by atoms with Gasteiger partial charge in [0.2, 0.25) is 0 Å². The smallest absolute Gasteiger partial charge is 0.151 e. The number of fused-ring (bicyclic) bond motifs is 1. The van der Waals surface area contributed by atoms with E-state index in [1.807, 2.05) is 11.5 Å². The molecule has 0 aliphatic rings. The Labute approximate surface area is 99.8 Å². The van der Waals surface area contributed by atoms with Gasteiger partial charge in [-0.1, -0.05) is 0 Å². The Morgan fingerprint density at radius 2 is 2.06 bits per heavy atom. The molecule has 1 aromatic heterocycles. The highest BCUT2D eigenvalue weighted by Gasteiger charge is 2.13. The fraction of sp³-hybridized carbons (Fsp3) is 0.333. The normalized spacial score (nSPS) is 12.2. The van der Waals surface area contributed by atoms with Crippen molar-refractivity contribution >= 4 is 20.7 Å². The van der Waals surface area contributed by atoms with Crippen LogP contribution < -0.4 is 0 Å². The van der Waals surface area contributed by atoms with Gasteiger partial charge in [-0.2, -0.15) is 0 Å². The summed E-state index contributed by atoms with van der Waals surface area (Å²) in [6.07, 6.45) is 2.96. The largest absolute Gasteiger partial charge is 0.347 e. The Balaban J connectivity index is 2.66. The molecule has 0 atom stereocenters. The van der Waals surface area contributed by atoms with Gasteiger partial charge in [0.15, 0.2) is 9.84 Å². The van der Waals surface area contributed by atoms with Crippen LogP contribution in [0.4, 0.5) is 4.39 Å². The molecule has 2 aromatic rings. The zero-order chi connectivity index (χ0) is 12.6. The molecule has 5 heteroatoms. The molecule has 3 nitrogen and oxygen atoms in total. The van der Waals surface area contributed by atoms with Crippen molar-refractivity contribution < 1.29 is 12.8 Å². The standard InChI is InChI=1S/C12H14FNO2S/c1-3-14-7-9(8-17(2,15)16)11-6-10(13)4-5-12(11)14/h4-7H,3,8H2,1-2H3. The van der Waals surface area contributed by atoms with E-state index in [-0.39, 0.29) is 11.6 Å². The molecule has 0 saturated carbocycles. The Bertz CT molecular complexity index is 658. The lowest BCUT2D eigenvalue weighted by Gasteiger charge is -1.99. The highest BCUT2D eigenvalue weighted by Crippen LogP contribution is 2.24. The zero-order valence-corrected chi connectivity index (χ0v) is 10.6. The van der Waals surface area contributed by atoms with Crippen LogP contribution >= 0.6 is 0 Å². The van der Waals surface area contributed by atoms with E-state index in [1.165, 1.54) is 18.4 Å². The van der Waals surface area contributed by atoms with Crippen molar-refractivity contribution in [1.29, 1.82) is 0 Å². The van der Waals surface area contributed by atoms with Gasteiger partial charge in [0.05, 0.1) is 5.75 Å². The molecule has 0 aliphatic heterocycles. The Kier molecular flexibility index (Phi) is 2.95. The van der Waals surface area contributed by atoms with Crippen LogP contribution in [0.15, 0.2) is 24.4 Å². The number of hydrogen-bond acceptors (Lipinski definition) is 2. The Morgan fingerprint density at radius 1 is 1.35 bits per heavy atom. The summed E-state index contributed by atoms with van der Waals surface area (Å²) in [6.45, 7) is 2.69. The third-order valence-corrected chi connectivity index (χ3v) is 3.52. The summed E-state index contributed by atoms with van der Waals surface area (Å²) >= 11 is 0. The van der Waals surface area contributed by atoms with Crippen molar-refractivity contribution in [2.75, 3.05) is 6.26 Å². The van der Waals surface area contributed by atoms with Crippen LogP contribution in [0, 0.1) is 5.82 Å². The second-order valence-corrected chi connectivity index (χ2v) is 6.31. The first-order chi connectivity index (χ1) is 7.90. The second-order valence-electron chi connectivity index (χ2n) is 4.17. The highest BCUT2D eigenvalue weighted by atomic mass is 32.2. The van der Waals surface area contributed by atoms with E-state index in [2.05, 4.69) is 0 Å². The molecule has 2 rings (SSSR count). The van der Waals surface area contributed by atoms with Crippen molar-refractivity contribution in [1.82, 2.24) is 4.57 Å². The summed E-state index contributed by atoms with van der Waals surface area (Å²) in [4.78, 5) is 0. The van der Waals surface area contributed by atoms with Gasteiger partial charge >= 0.3 is 0 Å². The van der Waals surface area contributed by atoms with Crippen molar-refractivity contribution in [3.05, 3.63) is 35.8 Å². The number of aromatic nitrogens is 1. The predicted octanol–water partition coefficient (Wildman–Crippen LogP) is 2.34. The van der Waals surface area contributed by atoms with Crippen LogP contribution in [0.3, 0.4) is 0 Å². The highest BCUT2D eigenvalue weighted by molar-refractivity contribution is 7.89. The van der Waals surface area contributed by atoms with Crippen LogP contribution in [0.25, 0.3) is 10.9 Å². The molecule has 1 heterocycles. The topological polar surface area (TPSA) is 39.1 Å². The molecule has 0 spiro atoms. The summed E-state index contributed by atoms with van der Waals surface area (Å²) in [7, 11) is -3.11. The van der Waals surface area contributed by atoms with Gasteiger partial charge in [-0.25, -0.2) is 12.8 Å². The van der Waals surface area contributed by atoms with Crippen LogP contribution in [0.5, 0.6) is 0 Å². The SMILES string of the molecule is CCn1cc(CS(C)(=O)=O)c2cc(F)ccc21. The average Bonchev–Trinajstić information content (AvgIpc) is 2.54. The molecule has 0 saturated heterocycles. The summed E-state index contributed by atoms with van der Waals surface area (Å²) in [5, 5.41) is 0.678. The van der Waals surface area contributed by atoms with E-state index in [1.54, 1.807) is 12.3 Å². The number of halogens is 1. The zero-order valence-electron chi connectivity index (χ0n) is 9.77. The first-order valence-electron chi connectivity index (χ1n) is 5.35. The maximum absolute atomic E-state index is 13.2.